The zero-order chi connectivity index (χ0) is 32.7. The number of aliphatic hydroxyl groups excluding tert-OH is 1. The molecular weight excluding hydrogens is 606 g/mol. The van der Waals surface area contributed by atoms with Crippen molar-refractivity contribution < 1.29 is 24.2 Å². The van der Waals surface area contributed by atoms with E-state index >= 15 is 0 Å². The number of H-pyrrole nitrogens is 1. The number of rotatable bonds is 16. The Bertz CT molecular complexity index is 1490. The number of thioether (sulfide) groups is 1. The van der Waals surface area contributed by atoms with Gasteiger partial charge < -0.3 is 25.8 Å². The van der Waals surface area contributed by atoms with Crippen molar-refractivity contribution in [2.75, 3.05) is 5.75 Å². The van der Waals surface area contributed by atoms with Gasteiger partial charge in [-0.3, -0.25) is 9.59 Å². The van der Waals surface area contributed by atoms with E-state index < -0.39 is 42.1 Å². The number of benzene rings is 3. The number of alkyl carbamates (subject to hydrolysis) is 1. The predicted octanol–water partition coefficient (Wildman–Crippen LogP) is 3.06. The summed E-state index contributed by atoms with van der Waals surface area (Å²) in [7, 11) is 0. The highest BCUT2D eigenvalue weighted by Gasteiger charge is 2.32. The van der Waals surface area contributed by atoms with Gasteiger partial charge >= 0.3 is 6.09 Å². The third kappa shape index (κ3) is 11.0. The minimum atomic E-state index is -1.02. The third-order valence-electron chi connectivity index (χ3n) is 7.15. The fourth-order valence-corrected chi connectivity index (χ4v) is 5.42. The van der Waals surface area contributed by atoms with Gasteiger partial charge in [-0.05, 0) is 34.2 Å². The molecule has 0 spiro atoms. The van der Waals surface area contributed by atoms with Crippen LogP contribution in [0.5, 0.6) is 0 Å². The molecule has 4 rings (SSSR count). The van der Waals surface area contributed by atoms with Crippen LogP contribution in [-0.4, -0.2) is 73.6 Å². The van der Waals surface area contributed by atoms with Crippen LogP contribution in [0.15, 0.2) is 96.2 Å². The van der Waals surface area contributed by atoms with Gasteiger partial charge in [-0.1, -0.05) is 117 Å². The standard InChI is InChI=1S/C33H39N7O5S/c1-22(2)29(31(43)34-26(18-23-12-6-3-7-13-23)28(41)21-46-32-37-39-40-38-32)36-30(42)27(19-24-14-8-4-9-15-24)35-33(44)45-20-25-16-10-5-11-17-25/h3-17,22,26-29,41H,18-21H2,1-2H3,(H,34,43)(H,35,44)(H,36,42)(H,37,38,39,40)/t26?,27-,28?,29-/m0/s1. The number of amides is 3. The van der Waals surface area contributed by atoms with E-state index in [9.17, 15) is 19.5 Å². The highest BCUT2D eigenvalue weighted by atomic mass is 32.2. The van der Waals surface area contributed by atoms with Crippen molar-refractivity contribution in [3.05, 3.63) is 108 Å². The number of tetrazole rings is 1. The Morgan fingerprint density at radius 3 is 1.96 bits per heavy atom. The third-order valence-corrected chi connectivity index (χ3v) is 8.09. The van der Waals surface area contributed by atoms with Crippen molar-refractivity contribution in [3.8, 4) is 0 Å². The molecule has 12 nitrogen and oxygen atoms in total. The minimum absolute atomic E-state index is 0.0412. The summed E-state index contributed by atoms with van der Waals surface area (Å²) in [4.78, 5) is 40.2. The van der Waals surface area contributed by atoms with Crippen molar-refractivity contribution in [1.29, 1.82) is 0 Å². The lowest BCUT2D eigenvalue weighted by molar-refractivity contribution is -0.131. The van der Waals surface area contributed by atoms with E-state index in [1.807, 2.05) is 105 Å². The minimum Gasteiger partial charge on any atom is -0.445 e. The summed E-state index contributed by atoms with van der Waals surface area (Å²) in [5, 5.41) is 33.7. The van der Waals surface area contributed by atoms with Gasteiger partial charge in [0.25, 0.3) is 0 Å². The first-order valence-electron chi connectivity index (χ1n) is 15.0. The van der Waals surface area contributed by atoms with Crippen molar-refractivity contribution in [3.63, 3.8) is 0 Å². The van der Waals surface area contributed by atoms with Crippen molar-refractivity contribution in [1.82, 2.24) is 36.6 Å². The van der Waals surface area contributed by atoms with Gasteiger partial charge in [0.2, 0.25) is 17.0 Å². The van der Waals surface area contributed by atoms with Crippen LogP contribution in [0.3, 0.4) is 0 Å². The molecule has 5 N–H and O–H groups in total. The lowest BCUT2D eigenvalue weighted by Crippen LogP contribution is -2.58. The average Bonchev–Trinajstić information content (AvgIpc) is 3.59. The molecule has 4 aromatic rings. The largest absolute Gasteiger partial charge is 0.445 e. The molecule has 46 heavy (non-hydrogen) atoms. The molecule has 0 bridgehead atoms. The maximum atomic E-state index is 13.7. The van der Waals surface area contributed by atoms with Crippen LogP contribution in [0.1, 0.15) is 30.5 Å². The van der Waals surface area contributed by atoms with E-state index in [1.54, 1.807) is 0 Å². The van der Waals surface area contributed by atoms with Gasteiger partial charge in [0, 0.05) is 12.2 Å². The van der Waals surface area contributed by atoms with E-state index in [1.165, 1.54) is 11.8 Å². The molecule has 13 heteroatoms. The number of carbonyl (C=O) groups is 3. The van der Waals surface area contributed by atoms with E-state index in [-0.39, 0.29) is 24.7 Å². The van der Waals surface area contributed by atoms with Gasteiger partial charge in [-0.15, -0.1) is 10.2 Å². The van der Waals surface area contributed by atoms with Crippen LogP contribution in [-0.2, 0) is 33.8 Å². The number of nitrogens with one attached hydrogen (secondary N) is 4. The SMILES string of the molecule is CC(C)[C@H](NC(=O)[C@H](Cc1ccccc1)NC(=O)OCc1ccccc1)C(=O)NC(Cc1ccccc1)C(O)CSc1nn[nH]n1. The van der Waals surface area contributed by atoms with Crippen LogP contribution < -0.4 is 16.0 Å². The summed E-state index contributed by atoms with van der Waals surface area (Å²) >= 11 is 1.20. The summed E-state index contributed by atoms with van der Waals surface area (Å²) in [6.45, 7) is 3.67. The zero-order valence-corrected chi connectivity index (χ0v) is 26.5. The summed E-state index contributed by atoms with van der Waals surface area (Å²) in [6, 6.07) is 25.3. The van der Waals surface area contributed by atoms with Crippen molar-refractivity contribution in [2.45, 2.75) is 62.7 Å². The molecule has 242 valence electrons. The molecule has 0 saturated carbocycles. The highest BCUT2D eigenvalue weighted by molar-refractivity contribution is 7.99. The number of aromatic nitrogens is 4. The zero-order valence-electron chi connectivity index (χ0n) is 25.7. The summed E-state index contributed by atoms with van der Waals surface area (Å²) in [6.07, 6.45) is -1.19. The molecule has 1 heterocycles. The van der Waals surface area contributed by atoms with E-state index in [0.717, 1.165) is 16.7 Å². The van der Waals surface area contributed by atoms with Crippen LogP contribution in [0.4, 0.5) is 4.79 Å². The Morgan fingerprint density at radius 1 is 0.804 bits per heavy atom. The number of hydrogen-bond donors (Lipinski definition) is 5. The average molecular weight is 646 g/mol. The Hall–Kier alpha value is -4.75. The number of aromatic amines is 1. The van der Waals surface area contributed by atoms with Crippen molar-refractivity contribution >= 4 is 29.7 Å². The Labute approximate surface area is 272 Å². The molecule has 4 atom stereocenters. The fourth-order valence-electron chi connectivity index (χ4n) is 4.67. The second kappa shape index (κ2) is 17.7. The van der Waals surface area contributed by atoms with Crippen LogP contribution >= 0.6 is 11.8 Å². The van der Waals surface area contributed by atoms with E-state index in [0.29, 0.717) is 11.6 Å². The number of aliphatic hydroxyl groups is 1. The molecule has 0 aliphatic carbocycles. The number of carbonyl (C=O) groups excluding carboxylic acids is 3. The van der Waals surface area contributed by atoms with Crippen LogP contribution in [0.25, 0.3) is 0 Å². The summed E-state index contributed by atoms with van der Waals surface area (Å²) in [5.74, 6) is -1.11. The van der Waals surface area contributed by atoms with E-state index in [2.05, 4.69) is 36.6 Å². The molecule has 2 unspecified atom stereocenters. The Balaban J connectivity index is 1.45. The smallest absolute Gasteiger partial charge is 0.408 e. The molecule has 0 saturated heterocycles. The maximum Gasteiger partial charge on any atom is 0.408 e. The second-order valence-electron chi connectivity index (χ2n) is 11.1. The monoisotopic (exact) mass is 645 g/mol. The summed E-state index contributed by atoms with van der Waals surface area (Å²) in [5.41, 5.74) is 2.55. The molecule has 0 fully saturated rings. The maximum absolute atomic E-state index is 13.7. The molecular formula is C33H39N7O5S. The molecule has 3 aromatic carbocycles. The first-order chi connectivity index (χ1) is 22.3. The number of ether oxygens (including phenoxy) is 1. The van der Waals surface area contributed by atoms with Crippen LogP contribution in [0.2, 0.25) is 0 Å². The van der Waals surface area contributed by atoms with Gasteiger partial charge in [0.1, 0.15) is 18.7 Å². The Kier molecular flexibility index (Phi) is 13.1. The molecule has 1 aromatic heterocycles. The van der Waals surface area contributed by atoms with Gasteiger partial charge in [-0.2, -0.15) is 5.21 Å². The summed E-state index contributed by atoms with van der Waals surface area (Å²) < 4.78 is 5.38. The number of hydrogen-bond acceptors (Lipinski definition) is 9. The Morgan fingerprint density at radius 2 is 1.39 bits per heavy atom. The van der Waals surface area contributed by atoms with Gasteiger partial charge in [0.05, 0.1) is 12.1 Å². The lowest BCUT2D eigenvalue weighted by Gasteiger charge is -2.29. The fraction of sp³-hybridized carbons (Fsp3) is 0.333. The first-order valence-corrected chi connectivity index (χ1v) is 16.0. The normalized spacial score (nSPS) is 13.7. The predicted molar refractivity (Wildman–Crippen MR) is 173 cm³/mol. The van der Waals surface area contributed by atoms with E-state index in [4.69, 9.17) is 4.74 Å². The molecule has 0 aliphatic heterocycles. The van der Waals surface area contributed by atoms with Gasteiger partial charge in [-0.25, -0.2) is 4.79 Å². The molecule has 3 amide bonds. The quantitative estimate of drug-likeness (QED) is 0.115. The number of nitrogens with zero attached hydrogens (tertiary/aromatic N) is 3. The van der Waals surface area contributed by atoms with Gasteiger partial charge in [0.15, 0.2) is 0 Å². The topological polar surface area (TPSA) is 171 Å². The van der Waals surface area contributed by atoms with Crippen molar-refractivity contribution in [2.24, 2.45) is 5.92 Å². The molecule has 0 aliphatic rings. The van der Waals surface area contributed by atoms with Crippen LogP contribution in [0, 0.1) is 5.92 Å². The molecule has 0 radical (unpaired) electrons. The first kappa shape index (κ1) is 34.1. The second-order valence-corrected chi connectivity index (χ2v) is 12.0. The lowest BCUT2D eigenvalue weighted by atomic mass is 9.98. The highest BCUT2D eigenvalue weighted by Crippen LogP contribution is 2.16.